The Kier molecular flexibility index (Phi) is 3.78. The minimum absolute atomic E-state index is 0.0475. The highest BCUT2D eigenvalue weighted by Crippen LogP contribution is 2.39. The van der Waals surface area contributed by atoms with E-state index in [0.29, 0.717) is 18.0 Å². The van der Waals surface area contributed by atoms with Crippen molar-refractivity contribution in [3.05, 3.63) is 30.1 Å². The summed E-state index contributed by atoms with van der Waals surface area (Å²) in [6, 6.07) is 5.86. The molecule has 1 aromatic carbocycles. The van der Waals surface area contributed by atoms with E-state index >= 15 is 0 Å². The van der Waals surface area contributed by atoms with Crippen molar-refractivity contribution in [3.63, 3.8) is 0 Å². The molecule has 0 aliphatic heterocycles. The van der Waals surface area contributed by atoms with Crippen LogP contribution in [0.2, 0.25) is 0 Å². The molecule has 1 fully saturated rings. The number of hydrogen-bond donors (Lipinski definition) is 2. The minimum atomic E-state index is -0.949. The predicted octanol–water partition coefficient (Wildman–Crippen LogP) is 3.52. The van der Waals surface area contributed by atoms with Crippen LogP contribution in [0.25, 0.3) is 0 Å². The molecule has 0 aromatic heterocycles. The van der Waals surface area contributed by atoms with Crippen LogP contribution in [0.15, 0.2) is 24.3 Å². The number of carboxylic acid groups (broad SMARTS) is 1. The first-order valence-electron chi connectivity index (χ1n) is 6.71. The highest BCUT2D eigenvalue weighted by Gasteiger charge is 2.47. The third-order valence-corrected chi connectivity index (χ3v) is 4.20. The Morgan fingerprint density at radius 3 is 2.53 bits per heavy atom. The molecule has 2 rings (SSSR count). The summed E-state index contributed by atoms with van der Waals surface area (Å²) in [5.74, 6) is -0.720. The molecule has 104 valence electrons. The van der Waals surface area contributed by atoms with Crippen molar-refractivity contribution in [2.75, 3.05) is 5.32 Å². The number of carboxylic acids is 1. The van der Waals surface area contributed by atoms with E-state index in [2.05, 4.69) is 12.2 Å². The maximum atomic E-state index is 12.9. The van der Waals surface area contributed by atoms with E-state index in [1.54, 1.807) is 12.1 Å². The van der Waals surface area contributed by atoms with Gasteiger partial charge in [-0.2, -0.15) is 0 Å². The smallest absolute Gasteiger partial charge is 0.329 e. The number of benzene rings is 1. The lowest BCUT2D eigenvalue weighted by molar-refractivity contribution is -0.146. The molecule has 0 radical (unpaired) electrons. The molecule has 0 amide bonds. The fraction of sp³-hybridized carbons (Fsp3) is 0.533. The second-order valence-electron chi connectivity index (χ2n) is 5.70. The third-order valence-electron chi connectivity index (χ3n) is 4.20. The number of aliphatic carboxylic acids is 1. The average molecular weight is 265 g/mol. The maximum absolute atomic E-state index is 12.9. The van der Waals surface area contributed by atoms with Gasteiger partial charge < -0.3 is 10.4 Å². The fourth-order valence-corrected chi connectivity index (χ4v) is 2.95. The Morgan fingerprint density at radius 2 is 1.95 bits per heavy atom. The summed E-state index contributed by atoms with van der Waals surface area (Å²) in [7, 11) is 0. The van der Waals surface area contributed by atoms with Crippen molar-refractivity contribution >= 4 is 11.7 Å². The van der Waals surface area contributed by atoms with Crippen LogP contribution >= 0.6 is 0 Å². The van der Waals surface area contributed by atoms with Gasteiger partial charge in [-0.3, -0.25) is 0 Å². The van der Waals surface area contributed by atoms with Gasteiger partial charge in [0.25, 0.3) is 0 Å². The van der Waals surface area contributed by atoms with Gasteiger partial charge in [-0.25, -0.2) is 9.18 Å². The van der Waals surface area contributed by atoms with Gasteiger partial charge in [0.1, 0.15) is 11.4 Å². The molecule has 0 saturated heterocycles. The second-order valence-corrected chi connectivity index (χ2v) is 5.70. The predicted molar refractivity (Wildman–Crippen MR) is 72.6 cm³/mol. The van der Waals surface area contributed by atoms with Crippen molar-refractivity contribution in [1.29, 1.82) is 0 Å². The highest BCUT2D eigenvalue weighted by atomic mass is 19.1. The van der Waals surface area contributed by atoms with E-state index in [1.807, 2.05) is 6.92 Å². The molecule has 1 aromatic rings. The molecule has 0 heterocycles. The summed E-state index contributed by atoms with van der Waals surface area (Å²) in [4.78, 5) is 11.8. The lowest BCUT2D eigenvalue weighted by Gasteiger charge is -2.42. The topological polar surface area (TPSA) is 49.3 Å². The van der Waals surface area contributed by atoms with E-state index in [9.17, 15) is 14.3 Å². The van der Waals surface area contributed by atoms with E-state index in [0.717, 1.165) is 12.8 Å². The van der Waals surface area contributed by atoms with Gasteiger partial charge in [-0.05, 0) is 48.9 Å². The molecule has 1 aliphatic carbocycles. The maximum Gasteiger partial charge on any atom is 0.329 e. The Morgan fingerprint density at radius 1 is 1.32 bits per heavy atom. The zero-order chi connectivity index (χ0) is 14.0. The van der Waals surface area contributed by atoms with Crippen LogP contribution in [-0.2, 0) is 4.79 Å². The zero-order valence-corrected chi connectivity index (χ0v) is 11.3. The summed E-state index contributed by atoms with van der Waals surface area (Å²) in [6.07, 6.45) is 2.55. The standard InChI is InChI=1S/C15H20FNO2/c1-10-3-4-11(2)15(9-10,14(18)19)17-13-7-5-12(16)6-8-13/h5-8,10-11,17H,3-4,9H2,1-2H3,(H,18,19). The number of nitrogens with one attached hydrogen (secondary N) is 1. The summed E-state index contributed by atoms with van der Waals surface area (Å²) in [5, 5.41) is 12.8. The van der Waals surface area contributed by atoms with Crippen LogP contribution in [0.3, 0.4) is 0 Å². The van der Waals surface area contributed by atoms with E-state index in [4.69, 9.17) is 0 Å². The first-order valence-corrected chi connectivity index (χ1v) is 6.71. The summed E-state index contributed by atoms with van der Waals surface area (Å²) >= 11 is 0. The van der Waals surface area contributed by atoms with Gasteiger partial charge in [-0.1, -0.05) is 20.3 Å². The first-order chi connectivity index (χ1) is 8.94. The summed E-state index contributed by atoms with van der Waals surface area (Å²) in [5.41, 5.74) is -0.292. The molecule has 3 nitrogen and oxygen atoms in total. The number of halogens is 1. The number of rotatable bonds is 3. The van der Waals surface area contributed by atoms with Crippen molar-refractivity contribution in [3.8, 4) is 0 Å². The SMILES string of the molecule is CC1CCC(C)C(Nc2ccc(F)cc2)(C(=O)O)C1. The van der Waals surface area contributed by atoms with Crippen molar-refractivity contribution < 1.29 is 14.3 Å². The normalized spacial score (nSPS) is 30.9. The zero-order valence-electron chi connectivity index (χ0n) is 11.3. The van der Waals surface area contributed by atoms with Gasteiger partial charge in [0.2, 0.25) is 0 Å². The Hall–Kier alpha value is -1.58. The molecule has 0 spiro atoms. The number of anilines is 1. The van der Waals surface area contributed by atoms with Crippen LogP contribution in [-0.4, -0.2) is 16.6 Å². The minimum Gasteiger partial charge on any atom is -0.479 e. The van der Waals surface area contributed by atoms with Gasteiger partial charge in [0.05, 0.1) is 0 Å². The lowest BCUT2D eigenvalue weighted by Crippen LogP contribution is -2.54. The average Bonchev–Trinajstić information content (AvgIpc) is 2.36. The van der Waals surface area contributed by atoms with Gasteiger partial charge in [0.15, 0.2) is 0 Å². The van der Waals surface area contributed by atoms with Gasteiger partial charge >= 0.3 is 5.97 Å². The molecule has 19 heavy (non-hydrogen) atoms. The summed E-state index contributed by atoms with van der Waals surface area (Å²) < 4.78 is 12.9. The monoisotopic (exact) mass is 265 g/mol. The van der Waals surface area contributed by atoms with Gasteiger partial charge in [0, 0.05) is 5.69 Å². The Bertz CT molecular complexity index is 460. The Labute approximate surface area is 112 Å². The molecule has 1 saturated carbocycles. The molecule has 1 aliphatic rings. The van der Waals surface area contributed by atoms with Crippen molar-refractivity contribution in [1.82, 2.24) is 0 Å². The first kappa shape index (κ1) is 13.8. The molecule has 2 N–H and O–H groups in total. The molecular formula is C15H20FNO2. The second kappa shape index (κ2) is 5.19. The summed E-state index contributed by atoms with van der Waals surface area (Å²) in [6.45, 7) is 4.05. The van der Waals surface area contributed by atoms with Crippen LogP contribution in [0.1, 0.15) is 33.1 Å². The van der Waals surface area contributed by atoms with Crippen molar-refractivity contribution in [2.24, 2.45) is 11.8 Å². The Balaban J connectivity index is 2.28. The number of hydrogen-bond acceptors (Lipinski definition) is 2. The molecule has 3 unspecified atom stereocenters. The van der Waals surface area contributed by atoms with Gasteiger partial charge in [-0.15, -0.1) is 0 Å². The van der Waals surface area contributed by atoms with E-state index in [1.165, 1.54) is 12.1 Å². The molecule has 0 bridgehead atoms. The quantitative estimate of drug-likeness (QED) is 0.879. The lowest BCUT2D eigenvalue weighted by atomic mass is 9.69. The molecular weight excluding hydrogens is 245 g/mol. The van der Waals surface area contributed by atoms with Crippen LogP contribution in [0.5, 0.6) is 0 Å². The van der Waals surface area contributed by atoms with E-state index < -0.39 is 11.5 Å². The molecule has 3 atom stereocenters. The van der Waals surface area contributed by atoms with Crippen LogP contribution in [0, 0.1) is 17.7 Å². The van der Waals surface area contributed by atoms with E-state index in [-0.39, 0.29) is 11.7 Å². The number of carbonyl (C=O) groups is 1. The third kappa shape index (κ3) is 2.72. The largest absolute Gasteiger partial charge is 0.479 e. The highest BCUT2D eigenvalue weighted by molar-refractivity contribution is 5.83. The molecule has 4 heteroatoms. The van der Waals surface area contributed by atoms with Crippen molar-refractivity contribution in [2.45, 2.75) is 38.6 Å². The van der Waals surface area contributed by atoms with Crippen LogP contribution in [0.4, 0.5) is 10.1 Å². The fourth-order valence-electron chi connectivity index (χ4n) is 2.95. The van der Waals surface area contributed by atoms with Crippen LogP contribution < -0.4 is 5.32 Å².